The van der Waals surface area contributed by atoms with Gasteiger partial charge in [0.15, 0.2) is 0 Å². The molecule has 0 aliphatic carbocycles. The molecule has 0 bridgehead atoms. The molecule has 6 heteroatoms. The van der Waals surface area contributed by atoms with Gasteiger partial charge in [0.25, 0.3) is 0 Å². The van der Waals surface area contributed by atoms with Crippen LogP contribution in [-0.2, 0) is 16.1 Å². The van der Waals surface area contributed by atoms with Crippen LogP contribution in [0.15, 0.2) is 48.5 Å². The fraction of sp³-hybridized carbons (Fsp3) is 0.235. The highest BCUT2D eigenvalue weighted by Crippen LogP contribution is 2.39. The molecule has 0 amide bonds. The normalized spacial score (nSPS) is 12.2. The van der Waals surface area contributed by atoms with Crippen molar-refractivity contribution in [1.82, 2.24) is 0 Å². The molecular weight excluding hydrogens is 315 g/mol. The lowest BCUT2D eigenvalue weighted by Gasteiger charge is -2.26. The summed E-state index contributed by atoms with van der Waals surface area (Å²) in [5, 5.41) is 8.96. The predicted molar refractivity (Wildman–Crippen MR) is 87.7 cm³/mol. The van der Waals surface area contributed by atoms with E-state index in [0.717, 1.165) is 11.1 Å². The van der Waals surface area contributed by atoms with Crippen LogP contribution in [0.5, 0.6) is 0 Å². The first-order valence-electron chi connectivity index (χ1n) is 7.07. The topological polar surface area (TPSA) is 94.8 Å². The average Bonchev–Trinajstić information content (AvgIpc) is 2.46. The first-order chi connectivity index (χ1) is 10.6. The molecular formula is C17H19O5P. The van der Waals surface area contributed by atoms with E-state index in [1.807, 2.05) is 26.0 Å². The van der Waals surface area contributed by atoms with Crippen LogP contribution in [0.2, 0.25) is 0 Å². The van der Waals surface area contributed by atoms with Crippen LogP contribution in [0.3, 0.4) is 0 Å². The second-order valence-electron chi connectivity index (χ2n) is 6.03. The number of aromatic carboxylic acids is 1. The second kappa shape index (κ2) is 6.28. The Morgan fingerprint density at radius 1 is 0.957 bits per heavy atom. The number of carbonyl (C=O) groups is 1. The molecule has 0 aliphatic heterocycles. The highest BCUT2D eigenvalue weighted by Gasteiger charge is 2.23. The van der Waals surface area contributed by atoms with E-state index in [-0.39, 0.29) is 17.1 Å². The predicted octanol–water partition coefficient (Wildman–Crippen LogP) is 3.39. The van der Waals surface area contributed by atoms with Crippen molar-refractivity contribution >= 4 is 13.6 Å². The van der Waals surface area contributed by atoms with E-state index in [2.05, 4.69) is 0 Å². The SMILES string of the molecule is CC(C)(c1ccc(CP(=O)(O)O)cc1)c1ccc(C(=O)O)cc1. The van der Waals surface area contributed by atoms with Crippen LogP contribution < -0.4 is 0 Å². The van der Waals surface area contributed by atoms with Crippen LogP contribution in [0.1, 0.15) is 40.9 Å². The fourth-order valence-electron chi connectivity index (χ4n) is 2.46. The standard InChI is InChI=1S/C17H19O5P/c1-17(2,15-9-5-13(6-10-15)16(18)19)14-7-3-12(4-8-14)11-23(20,21)22/h3-10H,11H2,1-2H3,(H,18,19)(H2,20,21,22). The summed E-state index contributed by atoms with van der Waals surface area (Å²) in [5.74, 6) is -0.962. The molecule has 2 aromatic rings. The molecule has 122 valence electrons. The van der Waals surface area contributed by atoms with E-state index in [1.165, 1.54) is 0 Å². The van der Waals surface area contributed by atoms with E-state index in [4.69, 9.17) is 14.9 Å². The molecule has 5 nitrogen and oxygen atoms in total. The van der Waals surface area contributed by atoms with Crippen molar-refractivity contribution in [3.05, 3.63) is 70.8 Å². The number of benzene rings is 2. The van der Waals surface area contributed by atoms with Gasteiger partial charge >= 0.3 is 13.6 Å². The maximum atomic E-state index is 11.0. The quantitative estimate of drug-likeness (QED) is 0.729. The zero-order chi connectivity index (χ0) is 17.3. The van der Waals surface area contributed by atoms with E-state index in [1.54, 1.807) is 36.4 Å². The van der Waals surface area contributed by atoms with Crippen LogP contribution >= 0.6 is 7.60 Å². The minimum absolute atomic E-state index is 0.238. The third-order valence-corrected chi connectivity index (χ3v) is 4.69. The number of hydrogen-bond acceptors (Lipinski definition) is 2. The average molecular weight is 334 g/mol. The van der Waals surface area contributed by atoms with Crippen molar-refractivity contribution in [3.63, 3.8) is 0 Å². The summed E-state index contributed by atoms with van der Waals surface area (Å²) in [6.07, 6.45) is -0.277. The van der Waals surface area contributed by atoms with Crippen molar-refractivity contribution in [2.24, 2.45) is 0 Å². The first-order valence-corrected chi connectivity index (χ1v) is 8.87. The molecule has 3 N–H and O–H groups in total. The molecule has 0 radical (unpaired) electrons. The summed E-state index contributed by atoms with van der Waals surface area (Å²) in [7, 11) is -4.07. The van der Waals surface area contributed by atoms with E-state index in [0.29, 0.717) is 5.56 Å². The smallest absolute Gasteiger partial charge is 0.335 e. The molecule has 2 rings (SSSR count). The van der Waals surface area contributed by atoms with Gasteiger partial charge in [-0.3, -0.25) is 4.57 Å². The molecule has 23 heavy (non-hydrogen) atoms. The van der Waals surface area contributed by atoms with Gasteiger partial charge < -0.3 is 14.9 Å². The molecule has 0 saturated heterocycles. The second-order valence-corrected chi connectivity index (χ2v) is 7.67. The van der Waals surface area contributed by atoms with Crippen molar-refractivity contribution < 1.29 is 24.3 Å². The molecule has 0 aromatic heterocycles. The highest BCUT2D eigenvalue weighted by atomic mass is 31.2. The third kappa shape index (κ3) is 4.29. The zero-order valence-electron chi connectivity index (χ0n) is 12.9. The van der Waals surface area contributed by atoms with Gasteiger partial charge in [-0.05, 0) is 28.8 Å². The van der Waals surface area contributed by atoms with Crippen molar-refractivity contribution in [2.75, 3.05) is 0 Å². The Hall–Kier alpha value is -1.94. The first kappa shape index (κ1) is 17.4. The summed E-state index contributed by atoms with van der Waals surface area (Å²) in [4.78, 5) is 28.9. The summed E-state index contributed by atoms with van der Waals surface area (Å²) >= 11 is 0. The van der Waals surface area contributed by atoms with Crippen molar-refractivity contribution in [3.8, 4) is 0 Å². The van der Waals surface area contributed by atoms with Gasteiger partial charge in [-0.15, -0.1) is 0 Å². The maximum Gasteiger partial charge on any atom is 0.335 e. The van der Waals surface area contributed by atoms with Gasteiger partial charge in [0.1, 0.15) is 0 Å². The lowest BCUT2D eigenvalue weighted by atomic mass is 9.78. The number of carboxylic acids is 1. The Labute approximate surface area is 134 Å². The minimum Gasteiger partial charge on any atom is -0.478 e. The molecule has 0 saturated carbocycles. The van der Waals surface area contributed by atoms with E-state index >= 15 is 0 Å². The van der Waals surface area contributed by atoms with Gasteiger partial charge in [0.05, 0.1) is 11.7 Å². The molecule has 0 unspecified atom stereocenters. The van der Waals surface area contributed by atoms with E-state index < -0.39 is 13.6 Å². The van der Waals surface area contributed by atoms with Gasteiger partial charge in [-0.25, -0.2) is 4.79 Å². The Balaban J connectivity index is 2.28. The van der Waals surface area contributed by atoms with Crippen molar-refractivity contribution in [2.45, 2.75) is 25.4 Å². The minimum atomic E-state index is -4.07. The van der Waals surface area contributed by atoms with Crippen LogP contribution in [0.4, 0.5) is 0 Å². The van der Waals surface area contributed by atoms with Crippen LogP contribution in [0, 0.1) is 0 Å². The monoisotopic (exact) mass is 334 g/mol. The van der Waals surface area contributed by atoms with Gasteiger partial charge in [0.2, 0.25) is 0 Å². The van der Waals surface area contributed by atoms with Gasteiger partial charge in [0, 0.05) is 5.41 Å². The number of carboxylic acid groups (broad SMARTS) is 1. The Bertz CT molecular complexity index is 742. The zero-order valence-corrected chi connectivity index (χ0v) is 13.8. The summed E-state index contributed by atoms with van der Waals surface area (Å²) in [6, 6.07) is 13.8. The summed E-state index contributed by atoms with van der Waals surface area (Å²) < 4.78 is 11.0. The number of rotatable bonds is 5. The maximum absolute atomic E-state index is 11.0. The molecule has 0 atom stereocenters. The van der Waals surface area contributed by atoms with Gasteiger partial charge in [-0.1, -0.05) is 50.2 Å². The van der Waals surface area contributed by atoms with E-state index in [9.17, 15) is 9.36 Å². The lowest BCUT2D eigenvalue weighted by Crippen LogP contribution is -2.19. The fourth-order valence-corrected chi connectivity index (χ4v) is 3.15. The largest absolute Gasteiger partial charge is 0.478 e. The van der Waals surface area contributed by atoms with Gasteiger partial charge in [-0.2, -0.15) is 0 Å². The molecule has 0 spiro atoms. The number of hydrogen-bond donors (Lipinski definition) is 3. The molecule has 0 heterocycles. The molecule has 0 fully saturated rings. The lowest BCUT2D eigenvalue weighted by molar-refractivity contribution is 0.0697. The van der Waals surface area contributed by atoms with Crippen molar-refractivity contribution in [1.29, 1.82) is 0 Å². The Morgan fingerprint density at radius 2 is 1.39 bits per heavy atom. The third-order valence-electron chi connectivity index (χ3n) is 3.92. The molecule has 2 aromatic carbocycles. The molecule has 0 aliphatic rings. The summed E-state index contributed by atoms with van der Waals surface area (Å²) in [6.45, 7) is 4.03. The Morgan fingerprint density at radius 3 is 1.78 bits per heavy atom. The summed E-state index contributed by atoms with van der Waals surface area (Å²) in [5.41, 5.74) is 2.42. The Kier molecular flexibility index (Phi) is 4.76. The highest BCUT2D eigenvalue weighted by molar-refractivity contribution is 7.50. The van der Waals surface area contributed by atoms with Crippen LogP contribution in [0.25, 0.3) is 0 Å². The van der Waals surface area contributed by atoms with Crippen LogP contribution in [-0.4, -0.2) is 20.9 Å².